The SMILES string of the molecule is CC(=O)N[C@H]1[C@@H](Oc2ccc([N+](=O)[O-])cc2)O[C@H](COC(C)=O)[C@H](OC(C)=O)[C@@H]1OC(C)=O. The van der Waals surface area contributed by atoms with Crippen molar-refractivity contribution in [2.75, 3.05) is 6.61 Å². The lowest BCUT2D eigenvalue weighted by Gasteiger charge is -2.44. The number of esters is 3. The van der Waals surface area contributed by atoms with Gasteiger partial charge in [-0.05, 0) is 12.1 Å². The molecule has 0 saturated carbocycles. The smallest absolute Gasteiger partial charge is 0.303 e. The number of ether oxygens (including phenoxy) is 5. The van der Waals surface area contributed by atoms with Crippen LogP contribution in [0.4, 0.5) is 5.69 Å². The number of hydrogen-bond acceptors (Lipinski definition) is 11. The molecule has 0 radical (unpaired) electrons. The highest BCUT2D eigenvalue weighted by Crippen LogP contribution is 2.29. The summed E-state index contributed by atoms with van der Waals surface area (Å²) in [6.45, 7) is 4.24. The zero-order valence-corrected chi connectivity index (χ0v) is 18.3. The van der Waals surface area contributed by atoms with Crippen LogP contribution < -0.4 is 10.1 Å². The van der Waals surface area contributed by atoms with E-state index in [1.54, 1.807) is 0 Å². The van der Waals surface area contributed by atoms with E-state index in [1.165, 1.54) is 31.2 Å². The van der Waals surface area contributed by atoms with Crippen LogP contribution in [0.1, 0.15) is 27.7 Å². The van der Waals surface area contributed by atoms with E-state index in [9.17, 15) is 29.3 Å². The van der Waals surface area contributed by atoms with Crippen LogP contribution in [0.25, 0.3) is 0 Å². The summed E-state index contributed by atoms with van der Waals surface area (Å²) in [5.74, 6) is -2.50. The van der Waals surface area contributed by atoms with Crippen molar-refractivity contribution < 1.29 is 47.8 Å². The summed E-state index contributed by atoms with van der Waals surface area (Å²) in [5.41, 5.74) is -0.175. The average molecular weight is 468 g/mol. The van der Waals surface area contributed by atoms with E-state index >= 15 is 0 Å². The molecule has 0 aliphatic carbocycles. The van der Waals surface area contributed by atoms with Crippen LogP contribution in [0.5, 0.6) is 5.75 Å². The van der Waals surface area contributed by atoms with Gasteiger partial charge in [0.05, 0.1) is 4.92 Å². The lowest BCUT2D eigenvalue weighted by Crippen LogP contribution is -2.67. The molecule has 13 heteroatoms. The quantitative estimate of drug-likeness (QED) is 0.246. The van der Waals surface area contributed by atoms with E-state index in [-0.39, 0.29) is 18.0 Å². The molecular formula is C20H24N2O11. The Morgan fingerprint density at radius 1 is 0.970 bits per heavy atom. The number of nitro groups is 1. The molecule has 13 nitrogen and oxygen atoms in total. The Morgan fingerprint density at radius 2 is 1.55 bits per heavy atom. The first-order valence-electron chi connectivity index (χ1n) is 9.79. The van der Waals surface area contributed by atoms with E-state index in [0.29, 0.717) is 0 Å². The molecule has 1 aliphatic heterocycles. The largest absolute Gasteiger partial charge is 0.463 e. The highest BCUT2D eigenvalue weighted by Gasteiger charge is 2.51. The molecule has 180 valence electrons. The Kier molecular flexibility index (Phi) is 8.68. The van der Waals surface area contributed by atoms with Gasteiger partial charge >= 0.3 is 17.9 Å². The van der Waals surface area contributed by atoms with Crippen LogP contribution in [0.15, 0.2) is 24.3 Å². The average Bonchev–Trinajstić information content (AvgIpc) is 2.70. The van der Waals surface area contributed by atoms with Gasteiger partial charge in [-0.3, -0.25) is 29.3 Å². The molecular weight excluding hydrogens is 444 g/mol. The summed E-state index contributed by atoms with van der Waals surface area (Å²) in [6.07, 6.45) is -4.96. The molecule has 0 unspecified atom stereocenters. The first kappa shape index (κ1) is 25.5. The fraction of sp³-hybridized carbons (Fsp3) is 0.500. The Morgan fingerprint density at radius 3 is 2.03 bits per heavy atom. The maximum Gasteiger partial charge on any atom is 0.303 e. The minimum absolute atomic E-state index is 0.139. The summed E-state index contributed by atoms with van der Waals surface area (Å²) >= 11 is 0. The van der Waals surface area contributed by atoms with E-state index in [1.807, 2.05) is 0 Å². The third-order valence-corrected chi connectivity index (χ3v) is 4.37. The van der Waals surface area contributed by atoms with Gasteiger partial charge in [-0.25, -0.2) is 0 Å². The molecule has 1 amide bonds. The molecule has 1 fully saturated rings. The maximum atomic E-state index is 11.9. The van der Waals surface area contributed by atoms with E-state index in [0.717, 1.165) is 20.8 Å². The molecule has 1 saturated heterocycles. The minimum atomic E-state index is -1.31. The Balaban J connectivity index is 2.43. The summed E-state index contributed by atoms with van der Waals surface area (Å²) < 4.78 is 27.2. The second-order valence-corrected chi connectivity index (χ2v) is 7.09. The van der Waals surface area contributed by atoms with Crippen LogP contribution in [0.3, 0.4) is 0 Å². The van der Waals surface area contributed by atoms with Crippen LogP contribution in [0, 0.1) is 10.1 Å². The monoisotopic (exact) mass is 468 g/mol. The third kappa shape index (κ3) is 7.42. The molecule has 33 heavy (non-hydrogen) atoms. The summed E-state index contributed by atoms with van der Waals surface area (Å²) in [6, 6.07) is 3.87. The van der Waals surface area contributed by atoms with Crippen LogP contribution in [-0.4, -0.2) is 66.0 Å². The van der Waals surface area contributed by atoms with Crippen molar-refractivity contribution in [2.45, 2.75) is 58.3 Å². The number of carbonyl (C=O) groups excluding carboxylic acids is 4. The zero-order chi connectivity index (χ0) is 24.7. The molecule has 2 rings (SSSR count). The van der Waals surface area contributed by atoms with Crippen molar-refractivity contribution in [3.8, 4) is 5.75 Å². The van der Waals surface area contributed by atoms with E-state index in [2.05, 4.69) is 5.32 Å². The van der Waals surface area contributed by atoms with Gasteiger partial charge in [0, 0.05) is 39.8 Å². The Hall–Kier alpha value is -3.74. The molecule has 1 aliphatic rings. The fourth-order valence-corrected chi connectivity index (χ4v) is 3.17. The first-order valence-corrected chi connectivity index (χ1v) is 9.79. The van der Waals surface area contributed by atoms with Gasteiger partial charge in [0.15, 0.2) is 12.2 Å². The maximum absolute atomic E-state index is 11.9. The van der Waals surface area contributed by atoms with Crippen molar-refractivity contribution in [2.24, 2.45) is 0 Å². The minimum Gasteiger partial charge on any atom is -0.463 e. The highest BCUT2D eigenvalue weighted by molar-refractivity contribution is 5.73. The molecule has 1 heterocycles. The summed E-state index contributed by atoms with van der Waals surface area (Å²) in [5, 5.41) is 13.4. The topological polar surface area (TPSA) is 170 Å². The second kappa shape index (κ2) is 11.2. The highest BCUT2D eigenvalue weighted by atomic mass is 16.7. The van der Waals surface area contributed by atoms with E-state index < -0.39 is 59.4 Å². The lowest BCUT2D eigenvalue weighted by atomic mass is 9.96. The summed E-state index contributed by atoms with van der Waals surface area (Å²) in [4.78, 5) is 57.0. The van der Waals surface area contributed by atoms with Crippen molar-refractivity contribution in [3.05, 3.63) is 34.4 Å². The Bertz CT molecular complexity index is 902. The third-order valence-electron chi connectivity index (χ3n) is 4.37. The molecule has 1 aromatic rings. The summed E-state index contributed by atoms with van der Waals surface area (Å²) in [7, 11) is 0. The lowest BCUT2D eigenvalue weighted by molar-refractivity contribution is -0.384. The normalized spacial score (nSPS) is 24.2. The van der Waals surface area contributed by atoms with Crippen molar-refractivity contribution >= 4 is 29.5 Å². The molecule has 1 aromatic carbocycles. The molecule has 0 spiro atoms. The molecule has 0 bridgehead atoms. The van der Waals surface area contributed by atoms with Gasteiger partial charge in [-0.2, -0.15) is 0 Å². The van der Waals surface area contributed by atoms with Gasteiger partial charge in [0.2, 0.25) is 12.2 Å². The number of benzene rings is 1. The van der Waals surface area contributed by atoms with Crippen molar-refractivity contribution in [3.63, 3.8) is 0 Å². The molecule has 5 atom stereocenters. The predicted molar refractivity (Wildman–Crippen MR) is 108 cm³/mol. The standard InChI is InChI=1S/C20H24N2O11/c1-10(23)21-17-19(31-13(4)26)18(30-12(3)25)16(9-29-11(2)24)33-20(17)32-15-7-5-14(6-8-15)22(27)28/h5-8,16-20H,9H2,1-4H3,(H,21,23)/t16-,17-,18+,19-,20+/m1/s1. The van der Waals surface area contributed by atoms with E-state index in [4.69, 9.17) is 23.7 Å². The number of non-ortho nitro benzene ring substituents is 1. The van der Waals surface area contributed by atoms with Crippen LogP contribution >= 0.6 is 0 Å². The number of rotatable bonds is 8. The Labute approximate surface area is 188 Å². The van der Waals surface area contributed by atoms with Gasteiger partial charge in [0.25, 0.3) is 5.69 Å². The zero-order valence-electron chi connectivity index (χ0n) is 18.3. The number of nitro benzene ring substituents is 1. The number of carbonyl (C=O) groups is 4. The predicted octanol–water partition coefficient (Wildman–Crippen LogP) is 0.630. The van der Waals surface area contributed by atoms with Crippen molar-refractivity contribution in [1.82, 2.24) is 5.32 Å². The van der Waals surface area contributed by atoms with Gasteiger partial charge < -0.3 is 29.0 Å². The number of nitrogens with one attached hydrogen (secondary N) is 1. The first-order chi connectivity index (χ1) is 15.5. The van der Waals surface area contributed by atoms with Crippen LogP contribution in [0.2, 0.25) is 0 Å². The van der Waals surface area contributed by atoms with Gasteiger partial charge in [-0.1, -0.05) is 0 Å². The molecule has 0 aromatic heterocycles. The van der Waals surface area contributed by atoms with Crippen molar-refractivity contribution in [1.29, 1.82) is 0 Å². The van der Waals surface area contributed by atoms with Gasteiger partial charge in [0.1, 0.15) is 24.5 Å². The number of hydrogen-bond donors (Lipinski definition) is 1. The fourth-order valence-electron chi connectivity index (χ4n) is 3.17. The second-order valence-electron chi connectivity index (χ2n) is 7.09. The van der Waals surface area contributed by atoms with Crippen LogP contribution in [-0.2, 0) is 38.1 Å². The van der Waals surface area contributed by atoms with Gasteiger partial charge in [-0.15, -0.1) is 0 Å². The number of amides is 1. The molecule has 1 N–H and O–H groups in total. The number of nitrogens with zero attached hydrogens (tertiary/aromatic N) is 1.